The van der Waals surface area contributed by atoms with Crippen molar-refractivity contribution in [1.82, 2.24) is 15.6 Å². The predicted octanol–water partition coefficient (Wildman–Crippen LogP) is 2.11. The normalized spacial score (nSPS) is 13.4. The van der Waals surface area contributed by atoms with Crippen LogP contribution in [-0.2, 0) is 20.7 Å². The molecular formula is C20H35N3O4. The summed E-state index contributed by atoms with van der Waals surface area (Å²) in [5, 5.41) is 15.0. The maximum atomic E-state index is 12.5. The zero-order valence-corrected chi connectivity index (χ0v) is 17.4. The molecule has 1 atom stereocenters. The number of carbonyl (C=O) groups excluding carboxylic acids is 1. The van der Waals surface area contributed by atoms with Gasteiger partial charge in [0.1, 0.15) is 0 Å². The van der Waals surface area contributed by atoms with Gasteiger partial charge in [-0.25, -0.2) is 0 Å². The van der Waals surface area contributed by atoms with Crippen LogP contribution in [0, 0.1) is 17.8 Å². The lowest BCUT2D eigenvalue weighted by Gasteiger charge is -2.29. The van der Waals surface area contributed by atoms with Crippen molar-refractivity contribution in [3.63, 3.8) is 0 Å². The number of aromatic nitrogens is 1. The Morgan fingerprint density at radius 1 is 1.22 bits per heavy atom. The molecule has 0 fully saturated rings. The summed E-state index contributed by atoms with van der Waals surface area (Å²) in [5.74, 6) is -0.874. The van der Waals surface area contributed by atoms with Gasteiger partial charge in [0.2, 0.25) is 5.91 Å². The van der Waals surface area contributed by atoms with E-state index in [9.17, 15) is 9.59 Å². The first-order valence-electron chi connectivity index (χ1n) is 9.32. The van der Waals surface area contributed by atoms with Crippen molar-refractivity contribution in [2.75, 3.05) is 26.8 Å². The first kappa shape index (κ1) is 23.2. The van der Waals surface area contributed by atoms with Gasteiger partial charge >= 0.3 is 5.97 Å². The number of carbonyl (C=O) groups is 2. The number of carboxylic acid groups (broad SMARTS) is 1. The van der Waals surface area contributed by atoms with E-state index in [2.05, 4.69) is 15.6 Å². The summed E-state index contributed by atoms with van der Waals surface area (Å²) in [7, 11) is 1.78. The molecule has 0 spiro atoms. The van der Waals surface area contributed by atoms with Crippen LogP contribution in [0.25, 0.3) is 0 Å². The Kier molecular flexibility index (Phi) is 8.50. The fraction of sp³-hybridized carbons (Fsp3) is 0.700. The average molecular weight is 382 g/mol. The second-order valence-electron chi connectivity index (χ2n) is 8.85. The number of rotatable bonds is 12. The van der Waals surface area contributed by atoms with Gasteiger partial charge in [0.15, 0.2) is 0 Å². The lowest BCUT2D eigenvalue weighted by Crippen LogP contribution is -2.47. The standard InChI is InChI=1S/C20H35N3O4/c1-14-7-15(10-22-14)8-16(21-6)18(26)23-11-20(4,5)13-27-12-19(2,3)9-17(24)25/h7,10,16,21-22H,8-9,11-13H2,1-6H3,(H,23,26)(H,24,25)/t16-/m0/s1. The number of likely N-dealkylation sites (N-methyl/N-ethyl adjacent to an activating group) is 1. The minimum atomic E-state index is -0.828. The second-order valence-corrected chi connectivity index (χ2v) is 8.85. The molecular weight excluding hydrogens is 346 g/mol. The van der Waals surface area contributed by atoms with Crippen LogP contribution in [0.3, 0.4) is 0 Å². The number of H-pyrrole nitrogens is 1. The van der Waals surface area contributed by atoms with E-state index >= 15 is 0 Å². The van der Waals surface area contributed by atoms with Crippen molar-refractivity contribution < 1.29 is 19.4 Å². The topological polar surface area (TPSA) is 103 Å². The number of aromatic amines is 1. The molecule has 0 aliphatic rings. The molecule has 27 heavy (non-hydrogen) atoms. The van der Waals surface area contributed by atoms with Crippen LogP contribution in [0.1, 0.15) is 45.4 Å². The van der Waals surface area contributed by atoms with Crippen molar-refractivity contribution in [2.24, 2.45) is 10.8 Å². The minimum Gasteiger partial charge on any atom is -0.481 e. The molecule has 7 nitrogen and oxygen atoms in total. The Morgan fingerprint density at radius 3 is 2.37 bits per heavy atom. The number of aliphatic carboxylic acids is 1. The van der Waals surface area contributed by atoms with Crippen LogP contribution < -0.4 is 10.6 Å². The van der Waals surface area contributed by atoms with Crippen LogP contribution in [-0.4, -0.2) is 54.8 Å². The number of nitrogens with one attached hydrogen (secondary N) is 3. The first-order chi connectivity index (χ1) is 12.4. The summed E-state index contributed by atoms with van der Waals surface area (Å²) in [6.07, 6.45) is 2.60. The van der Waals surface area contributed by atoms with Gasteiger partial charge in [-0.3, -0.25) is 9.59 Å². The smallest absolute Gasteiger partial charge is 0.303 e. The molecule has 0 aromatic carbocycles. The molecule has 0 aliphatic heterocycles. The van der Waals surface area contributed by atoms with Gasteiger partial charge in [0, 0.05) is 23.9 Å². The predicted molar refractivity (Wildman–Crippen MR) is 106 cm³/mol. The van der Waals surface area contributed by atoms with Gasteiger partial charge < -0.3 is 25.5 Å². The summed E-state index contributed by atoms with van der Waals surface area (Å²) in [6, 6.07) is 1.74. The van der Waals surface area contributed by atoms with Gasteiger partial charge in [-0.1, -0.05) is 27.7 Å². The van der Waals surface area contributed by atoms with Crippen LogP contribution in [0.2, 0.25) is 0 Å². The van der Waals surface area contributed by atoms with Gasteiger partial charge in [0.25, 0.3) is 0 Å². The third kappa shape index (κ3) is 9.06. The third-order valence-electron chi connectivity index (χ3n) is 4.35. The minimum absolute atomic E-state index is 0.0457. The van der Waals surface area contributed by atoms with E-state index in [1.54, 1.807) is 7.05 Å². The van der Waals surface area contributed by atoms with Crippen LogP contribution in [0.4, 0.5) is 0 Å². The zero-order chi connectivity index (χ0) is 20.7. The van der Waals surface area contributed by atoms with Crippen molar-refractivity contribution in [1.29, 1.82) is 0 Å². The van der Waals surface area contributed by atoms with E-state index in [4.69, 9.17) is 9.84 Å². The molecule has 1 rings (SSSR count). The Balaban J connectivity index is 2.44. The highest BCUT2D eigenvalue weighted by Gasteiger charge is 2.26. The zero-order valence-electron chi connectivity index (χ0n) is 17.4. The number of ether oxygens (including phenoxy) is 1. The molecule has 1 aromatic rings. The molecule has 0 saturated heterocycles. The van der Waals surface area contributed by atoms with E-state index in [-0.39, 0.29) is 23.8 Å². The van der Waals surface area contributed by atoms with Crippen molar-refractivity contribution in [3.8, 4) is 0 Å². The molecule has 1 aromatic heterocycles. The molecule has 0 unspecified atom stereocenters. The van der Waals surface area contributed by atoms with Gasteiger partial charge in [-0.15, -0.1) is 0 Å². The molecule has 0 bridgehead atoms. The van der Waals surface area contributed by atoms with Gasteiger partial charge in [-0.2, -0.15) is 0 Å². The molecule has 1 amide bonds. The fourth-order valence-electron chi connectivity index (χ4n) is 2.81. The maximum Gasteiger partial charge on any atom is 0.303 e. The third-order valence-corrected chi connectivity index (χ3v) is 4.35. The first-order valence-corrected chi connectivity index (χ1v) is 9.32. The highest BCUT2D eigenvalue weighted by atomic mass is 16.5. The number of carboxylic acids is 1. The Hall–Kier alpha value is -1.86. The summed E-state index contributed by atoms with van der Waals surface area (Å²) in [6.45, 7) is 11.0. The van der Waals surface area contributed by atoms with Crippen LogP contribution in [0.5, 0.6) is 0 Å². The Bertz CT molecular complexity index is 622. The second kappa shape index (κ2) is 9.90. The highest BCUT2D eigenvalue weighted by molar-refractivity contribution is 5.82. The molecule has 154 valence electrons. The summed E-state index contributed by atoms with van der Waals surface area (Å²) < 4.78 is 5.75. The molecule has 0 aliphatic carbocycles. The van der Waals surface area contributed by atoms with Gasteiger partial charge in [0.05, 0.1) is 25.7 Å². The average Bonchev–Trinajstić information content (AvgIpc) is 2.93. The molecule has 4 N–H and O–H groups in total. The lowest BCUT2D eigenvalue weighted by atomic mass is 9.90. The van der Waals surface area contributed by atoms with Crippen molar-refractivity contribution in [3.05, 3.63) is 23.5 Å². The molecule has 0 saturated carbocycles. The van der Waals surface area contributed by atoms with Crippen molar-refractivity contribution in [2.45, 2.75) is 53.5 Å². The molecule has 7 heteroatoms. The SMILES string of the molecule is CN[C@@H](Cc1c[nH]c(C)c1)C(=O)NCC(C)(C)COCC(C)(C)CC(=O)O. The van der Waals surface area contributed by atoms with E-state index < -0.39 is 11.4 Å². The lowest BCUT2D eigenvalue weighted by molar-refractivity contribution is -0.140. The van der Waals surface area contributed by atoms with E-state index in [1.807, 2.05) is 46.9 Å². The highest BCUT2D eigenvalue weighted by Crippen LogP contribution is 2.22. The van der Waals surface area contributed by atoms with Crippen LogP contribution >= 0.6 is 0 Å². The maximum absolute atomic E-state index is 12.5. The number of hydrogen-bond acceptors (Lipinski definition) is 4. The van der Waals surface area contributed by atoms with Crippen molar-refractivity contribution >= 4 is 11.9 Å². The number of aryl methyl sites for hydroxylation is 1. The van der Waals surface area contributed by atoms with E-state index in [1.165, 1.54) is 0 Å². The fourth-order valence-corrected chi connectivity index (χ4v) is 2.81. The van der Waals surface area contributed by atoms with E-state index in [0.29, 0.717) is 26.2 Å². The quantitative estimate of drug-likeness (QED) is 0.444. The largest absolute Gasteiger partial charge is 0.481 e. The number of hydrogen-bond donors (Lipinski definition) is 4. The summed E-state index contributed by atoms with van der Waals surface area (Å²) in [5.41, 5.74) is 1.49. The number of amides is 1. The summed E-state index contributed by atoms with van der Waals surface area (Å²) >= 11 is 0. The van der Waals surface area contributed by atoms with Gasteiger partial charge in [-0.05, 0) is 37.4 Å². The molecule has 0 radical (unpaired) electrons. The Labute approximate surface area is 162 Å². The monoisotopic (exact) mass is 381 g/mol. The van der Waals surface area contributed by atoms with Crippen LogP contribution in [0.15, 0.2) is 12.3 Å². The Morgan fingerprint density at radius 2 is 1.85 bits per heavy atom. The summed E-state index contributed by atoms with van der Waals surface area (Å²) in [4.78, 5) is 26.5. The van der Waals surface area contributed by atoms with E-state index in [0.717, 1.165) is 11.3 Å². The molecule has 1 heterocycles.